The highest BCUT2D eigenvalue weighted by Gasteiger charge is 2.16. The number of likely N-dealkylation sites (tertiary alicyclic amines) is 1. The zero-order valence-electron chi connectivity index (χ0n) is 20.2. The number of hydrogen-bond donors (Lipinski definition) is 2. The van der Waals surface area contributed by atoms with Crippen molar-refractivity contribution in [3.8, 4) is 11.1 Å². The van der Waals surface area contributed by atoms with Crippen LogP contribution in [0.2, 0.25) is 0 Å². The van der Waals surface area contributed by atoms with Crippen molar-refractivity contribution >= 4 is 28.4 Å². The van der Waals surface area contributed by atoms with Gasteiger partial charge in [0.25, 0.3) is 0 Å². The third-order valence-electron chi connectivity index (χ3n) is 6.10. The molecule has 1 aliphatic rings. The van der Waals surface area contributed by atoms with Crippen molar-refractivity contribution < 1.29 is 0 Å². The third-order valence-corrected chi connectivity index (χ3v) is 6.10. The first-order valence-corrected chi connectivity index (χ1v) is 11.6. The van der Waals surface area contributed by atoms with Crippen molar-refractivity contribution in [2.24, 2.45) is 7.05 Å². The summed E-state index contributed by atoms with van der Waals surface area (Å²) in [6, 6.07) is 11.1. The van der Waals surface area contributed by atoms with Gasteiger partial charge in [0.05, 0.1) is 11.9 Å². The predicted molar refractivity (Wildman–Crippen MR) is 142 cm³/mol. The number of nitrogens with one attached hydrogen (secondary N) is 2. The quantitative estimate of drug-likeness (QED) is 0.446. The van der Waals surface area contributed by atoms with Gasteiger partial charge < -0.3 is 15.5 Å². The van der Waals surface area contributed by atoms with Gasteiger partial charge in [-0.05, 0) is 67.7 Å². The van der Waals surface area contributed by atoms with Gasteiger partial charge in [-0.2, -0.15) is 5.10 Å². The Morgan fingerprint density at radius 3 is 2.50 bits per heavy atom. The lowest BCUT2D eigenvalue weighted by atomic mass is 10.1. The maximum atomic E-state index is 4.30. The molecule has 3 aromatic heterocycles. The zero-order chi connectivity index (χ0) is 23.9. The van der Waals surface area contributed by atoms with Gasteiger partial charge in [0.2, 0.25) is 0 Å². The summed E-state index contributed by atoms with van der Waals surface area (Å²) in [4.78, 5) is 10.9. The normalized spacial score (nSPS) is 14.3. The van der Waals surface area contributed by atoms with Crippen LogP contribution in [0, 0.1) is 0 Å². The second kappa shape index (κ2) is 10.9. The molecule has 7 heteroatoms. The Labute approximate surface area is 201 Å². The minimum atomic E-state index is 0.582. The first kappa shape index (κ1) is 23.4. The van der Waals surface area contributed by atoms with Crippen LogP contribution in [0.15, 0.2) is 67.9 Å². The number of rotatable bonds is 5. The summed E-state index contributed by atoms with van der Waals surface area (Å²) in [5.74, 6) is 0.880. The second-order valence-electron chi connectivity index (χ2n) is 8.72. The van der Waals surface area contributed by atoms with E-state index in [1.54, 1.807) is 0 Å². The van der Waals surface area contributed by atoms with Crippen molar-refractivity contribution in [3.63, 3.8) is 0 Å². The van der Waals surface area contributed by atoms with Gasteiger partial charge in [-0.1, -0.05) is 24.8 Å². The van der Waals surface area contributed by atoms with Crippen LogP contribution in [0.25, 0.3) is 28.0 Å². The highest BCUT2D eigenvalue weighted by Crippen LogP contribution is 2.25. The predicted octanol–water partition coefficient (Wildman–Crippen LogP) is 4.91. The largest absolute Gasteiger partial charge is 0.381 e. The van der Waals surface area contributed by atoms with Crippen molar-refractivity contribution in [2.45, 2.75) is 18.9 Å². The number of hydrogen-bond acceptors (Lipinski definition) is 6. The average molecular weight is 456 g/mol. The van der Waals surface area contributed by atoms with E-state index in [4.69, 9.17) is 0 Å². The number of aromatic nitrogens is 4. The third kappa shape index (κ3) is 5.99. The Morgan fingerprint density at radius 2 is 1.79 bits per heavy atom. The monoisotopic (exact) mass is 455 g/mol. The van der Waals surface area contributed by atoms with Gasteiger partial charge in [0.1, 0.15) is 5.82 Å². The molecule has 0 atom stereocenters. The van der Waals surface area contributed by atoms with Crippen molar-refractivity contribution in [1.82, 2.24) is 24.6 Å². The van der Waals surface area contributed by atoms with Crippen molar-refractivity contribution in [2.75, 3.05) is 37.8 Å². The Hall–Kier alpha value is -3.71. The summed E-state index contributed by atoms with van der Waals surface area (Å²) in [5.41, 5.74) is 4.47. The molecule has 0 saturated carbocycles. The molecule has 4 heterocycles. The van der Waals surface area contributed by atoms with E-state index in [0.717, 1.165) is 28.0 Å². The maximum Gasteiger partial charge on any atom is 0.126 e. The van der Waals surface area contributed by atoms with Crippen LogP contribution < -0.4 is 10.6 Å². The molecular formula is C27H33N7. The molecule has 0 aliphatic carbocycles. The summed E-state index contributed by atoms with van der Waals surface area (Å²) in [5, 5.41) is 13.1. The highest BCUT2D eigenvalue weighted by atomic mass is 15.2. The zero-order valence-corrected chi connectivity index (χ0v) is 20.2. The van der Waals surface area contributed by atoms with E-state index in [9.17, 15) is 0 Å². The SMILES string of the molecule is C=Cc1cncc(NC2CCN(C)CC2)c1.CNc1cc2cc(-c3cnn(C)c3)ccc2cn1. The molecule has 0 radical (unpaired) electrons. The maximum absolute atomic E-state index is 4.30. The lowest BCUT2D eigenvalue weighted by Gasteiger charge is -2.30. The van der Waals surface area contributed by atoms with Crippen LogP contribution >= 0.6 is 0 Å². The van der Waals surface area contributed by atoms with Crippen LogP contribution in [0.3, 0.4) is 0 Å². The molecule has 7 nitrogen and oxygen atoms in total. The van der Waals surface area contributed by atoms with E-state index in [1.807, 2.05) is 55.8 Å². The summed E-state index contributed by atoms with van der Waals surface area (Å²) in [7, 11) is 5.98. The number of piperidine rings is 1. The molecule has 0 spiro atoms. The first-order chi connectivity index (χ1) is 16.5. The minimum Gasteiger partial charge on any atom is -0.381 e. The fourth-order valence-electron chi connectivity index (χ4n) is 4.06. The van der Waals surface area contributed by atoms with Crippen LogP contribution in [-0.4, -0.2) is 57.9 Å². The van der Waals surface area contributed by atoms with Crippen LogP contribution in [0.1, 0.15) is 18.4 Å². The highest BCUT2D eigenvalue weighted by molar-refractivity contribution is 5.88. The second-order valence-corrected chi connectivity index (χ2v) is 8.72. The van der Waals surface area contributed by atoms with Gasteiger partial charge in [-0.25, -0.2) is 4.98 Å². The fraction of sp³-hybridized carbons (Fsp3) is 0.296. The van der Waals surface area contributed by atoms with Crippen LogP contribution in [-0.2, 0) is 7.05 Å². The molecule has 1 fully saturated rings. The number of anilines is 2. The Morgan fingerprint density at radius 1 is 0.971 bits per heavy atom. The van der Waals surface area contributed by atoms with Crippen molar-refractivity contribution in [3.05, 3.63) is 73.5 Å². The Kier molecular flexibility index (Phi) is 7.54. The molecule has 4 aromatic rings. The molecular weight excluding hydrogens is 422 g/mol. The number of fused-ring (bicyclic) bond motifs is 1. The minimum absolute atomic E-state index is 0.582. The van der Waals surface area contributed by atoms with Crippen LogP contribution in [0.5, 0.6) is 0 Å². The molecule has 1 aromatic carbocycles. The van der Waals surface area contributed by atoms with Gasteiger partial charge >= 0.3 is 0 Å². The average Bonchev–Trinajstić information content (AvgIpc) is 3.31. The number of pyridine rings is 2. The molecule has 0 bridgehead atoms. The lowest BCUT2D eigenvalue weighted by molar-refractivity contribution is 0.264. The summed E-state index contributed by atoms with van der Waals surface area (Å²) in [6.45, 7) is 6.10. The molecule has 2 N–H and O–H groups in total. The fourth-order valence-corrected chi connectivity index (χ4v) is 4.06. The summed E-state index contributed by atoms with van der Waals surface area (Å²) >= 11 is 0. The first-order valence-electron chi connectivity index (χ1n) is 11.6. The summed E-state index contributed by atoms with van der Waals surface area (Å²) in [6.07, 6.45) is 13.7. The number of benzene rings is 1. The molecule has 5 rings (SSSR count). The van der Waals surface area contributed by atoms with Gasteiger partial charge in [0, 0.05) is 55.9 Å². The van der Waals surface area contributed by atoms with Crippen molar-refractivity contribution in [1.29, 1.82) is 0 Å². The van der Waals surface area contributed by atoms with E-state index in [1.165, 1.54) is 36.9 Å². The topological polar surface area (TPSA) is 70.9 Å². The standard InChI is InChI=1S/C14H14N4.C13H19N3/c1-15-14-6-12-5-10(3-4-11(12)7-16-14)13-8-17-18(2)9-13;1-3-11-8-13(10-14-9-11)15-12-4-6-16(2)7-5-12/h3-9H,1-2H3,(H,15,16);3,8-10,12,15H,1,4-7H2,2H3. The molecule has 0 unspecified atom stereocenters. The molecule has 1 saturated heterocycles. The Balaban J connectivity index is 0.000000162. The van der Waals surface area contributed by atoms with E-state index in [2.05, 4.69) is 74.6 Å². The number of aryl methyl sites for hydroxylation is 1. The lowest BCUT2D eigenvalue weighted by Crippen LogP contribution is -2.36. The molecule has 1 aliphatic heterocycles. The van der Waals surface area contributed by atoms with Crippen LogP contribution in [0.4, 0.5) is 11.5 Å². The molecule has 0 amide bonds. The Bertz CT molecular complexity index is 1240. The van der Waals surface area contributed by atoms with E-state index in [-0.39, 0.29) is 0 Å². The molecule has 34 heavy (non-hydrogen) atoms. The van der Waals surface area contributed by atoms with E-state index >= 15 is 0 Å². The van der Waals surface area contributed by atoms with E-state index < -0.39 is 0 Å². The summed E-state index contributed by atoms with van der Waals surface area (Å²) < 4.78 is 1.81. The molecule has 176 valence electrons. The smallest absolute Gasteiger partial charge is 0.126 e. The van der Waals surface area contributed by atoms with E-state index in [0.29, 0.717) is 6.04 Å². The number of nitrogens with zero attached hydrogens (tertiary/aromatic N) is 5. The van der Waals surface area contributed by atoms with Gasteiger partial charge in [-0.3, -0.25) is 9.67 Å². The van der Waals surface area contributed by atoms with Gasteiger partial charge in [0.15, 0.2) is 0 Å². The van der Waals surface area contributed by atoms with Gasteiger partial charge in [-0.15, -0.1) is 0 Å².